The standard InChI is InChI=1S/C45H84N2O2/c1-4-6-8-10-12-14-16-18-20-22-24-26-28-30-32-34-40-48-43-45(42-47-38-36-46(3)37-39-47)44-49-41-35-33-31-29-27-25-23-21-19-17-15-13-11-9-7-5-2/h12-15,18-21,45H,4-11,16-17,22-44H2,1-3H3/b14-12-,15-13+,20-18-,21-19+. The molecule has 0 saturated carbocycles. The molecule has 4 heteroatoms. The minimum Gasteiger partial charge on any atom is -0.381 e. The SMILES string of the molecule is CCCCC/C=C\C/C=C\CCCCCCCCOCC(COCCCCCCCC/C=C/C/C=C/CCCCC)CN1CCN(C)CC1. The molecule has 0 N–H and O–H groups in total. The van der Waals surface area contributed by atoms with Crippen molar-refractivity contribution in [3.63, 3.8) is 0 Å². The quantitative estimate of drug-likeness (QED) is 0.0484. The number of piperazine rings is 1. The summed E-state index contributed by atoms with van der Waals surface area (Å²) in [6.45, 7) is 13.8. The minimum atomic E-state index is 0.484. The Morgan fingerprint density at radius 1 is 0.449 bits per heavy atom. The molecule has 1 fully saturated rings. The van der Waals surface area contributed by atoms with Gasteiger partial charge in [-0.3, -0.25) is 0 Å². The van der Waals surface area contributed by atoms with E-state index in [1.807, 2.05) is 0 Å². The molecule has 49 heavy (non-hydrogen) atoms. The Kier molecular flexibility index (Phi) is 35.6. The third kappa shape index (κ3) is 33.7. The lowest BCUT2D eigenvalue weighted by Gasteiger charge is -2.34. The van der Waals surface area contributed by atoms with Gasteiger partial charge in [0.2, 0.25) is 0 Å². The highest BCUT2D eigenvalue weighted by molar-refractivity contribution is 4.93. The number of allylic oxidation sites excluding steroid dienone is 8. The zero-order chi connectivity index (χ0) is 35.1. The fourth-order valence-electron chi connectivity index (χ4n) is 6.43. The summed E-state index contributed by atoms with van der Waals surface area (Å²) in [6.07, 6.45) is 49.8. The van der Waals surface area contributed by atoms with Crippen LogP contribution in [0.25, 0.3) is 0 Å². The topological polar surface area (TPSA) is 24.9 Å². The average molecular weight is 685 g/mol. The molecule has 0 aliphatic carbocycles. The third-order valence-electron chi connectivity index (χ3n) is 9.80. The number of hydrogen-bond donors (Lipinski definition) is 0. The van der Waals surface area contributed by atoms with Crippen LogP contribution in [0.5, 0.6) is 0 Å². The molecule has 286 valence electrons. The Morgan fingerprint density at radius 3 is 1.22 bits per heavy atom. The van der Waals surface area contributed by atoms with Crippen LogP contribution >= 0.6 is 0 Å². The number of nitrogens with zero attached hydrogens (tertiary/aromatic N) is 2. The summed E-state index contributed by atoms with van der Waals surface area (Å²) in [4.78, 5) is 5.06. The van der Waals surface area contributed by atoms with Gasteiger partial charge in [-0.1, -0.05) is 140 Å². The summed E-state index contributed by atoms with van der Waals surface area (Å²) in [5, 5.41) is 0. The molecule has 0 aromatic rings. The van der Waals surface area contributed by atoms with E-state index in [9.17, 15) is 0 Å². The van der Waals surface area contributed by atoms with E-state index in [-0.39, 0.29) is 0 Å². The molecule has 1 heterocycles. The van der Waals surface area contributed by atoms with Gasteiger partial charge in [0.25, 0.3) is 0 Å². The molecule has 0 aromatic carbocycles. The first-order chi connectivity index (χ1) is 24.3. The van der Waals surface area contributed by atoms with E-state index in [2.05, 4.69) is 79.3 Å². The average Bonchev–Trinajstić information content (AvgIpc) is 3.11. The zero-order valence-electron chi connectivity index (χ0n) is 33.2. The second kappa shape index (κ2) is 38.0. The van der Waals surface area contributed by atoms with Crippen molar-refractivity contribution in [2.75, 3.05) is 66.2 Å². The summed E-state index contributed by atoms with van der Waals surface area (Å²) >= 11 is 0. The van der Waals surface area contributed by atoms with Crippen molar-refractivity contribution in [1.82, 2.24) is 9.80 Å². The van der Waals surface area contributed by atoms with Crippen LogP contribution < -0.4 is 0 Å². The van der Waals surface area contributed by atoms with Gasteiger partial charge in [0.05, 0.1) is 13.2 Å². The molecule has 1 atom stereocenters. The van der Waals surface area contributed by atoms with Crippen molar-refractivity contribution in [2.24, 2.45) is 5.92 Å². The van der Waals surface area contributed by atoms with Crippen molar-refractivity contribution < 1.29 is 9.47 Å². The van der Waals surface area contributed by atoms with Gasteiger partial charge in [0.15, 0.2) is 0 Å². The Balaban J connectivity index is 2.04. The summed E-state index contributed by atoms with van der Waals surface area (Å²) in [5.41, 5.74) is 0. The fourth-order valence-corrected chi connectivity index (χ4v) is 6.43. The lowest BCUT2D eigenvalue weighted by molar-refractivity contribution is 0.0156. The monoisotopic (exact) mass is 685 g/mol. The highest BCUT2D eigenvalue weighted by Crippen LogP contribution is 2.12. The van der Waals surface area contributed by atoms with Crippen LogP contribution in [0.1, 0.15) is 168 Å². The smallest absolute Gasteiger partial charge is 0.0528 e. The van der Waals surface area contributed by atoms with Gasteiger partial charge >= 0.3 is 0 Å². The molecule has 1 rings (SSSR count). The van der Waals surface area contributed by atoms with Crippen LogP contribution in [0.4, 0.5) is 0 Å². The van der Waals surface area contributed by atoms with E-state index < -0.39 is 0 Å². The van der Waals surface area contributed by atoms with E-state index in [1.165, 1.54) is 167 Å². The van der Waals surface area contributed by atoms with Crippen molar-refractivity contribution in [3.8, 4) is 0 Å². The predicted octanol–water partition coefficient (Wildman–Crippen LogP) is 12.5. The Labute approximate surface area is 307 Å². The van der Waals surface area contributed by atoms with E-state index in [0.717, 1.165) is 45.8 Å². The highest BCUT2D eigenvalue weighted by atomic mass is 16.5. The lowest BCUT2D eigenvalue weighted by Crippen LogP contribution is -2.47. The van der Waals surface area contributed by atoms with Gasteiger partial charge in [-0.25, -0.2) is 0 Å². The number of unbranched alkanes of at least 4 members (excludes halogenated alkanes) is 18. The van der Waals surface area contributed by atoms with Gasteiger partial charge in [0.1, 0.15) is 0 Å². The van der Waals surface area contributed by atoms with Gasteiger partial charge in [0, 0.05) is 51.9 Å². The highest BCUT2D eigenvalue weighted by Gasteiger charge is 2.19. The van der Waals surface area contributed by atoms with Crippen LogP contribution in [-0.4, -0.2) is 76.0 Å². The molecule has 1 unspecified atom stereocenters. The number of hydrogen-bond acceptors (Lipinski definition) is 4. The summed E-state index contributed by atoms with van der Waals surface area (Å²) in [7, 11) is 2.24. The van der Waals surface area contributed by atoms with E-state index in [0.29, 0.717) is 5.92 Å². The van der Waals surface area contributed by atoms with Crippen LogP contribution in [0.3, 0.4) is 0 Å². The Bertz CT molecular complexity index is 716. The molecule has 0 radical (unpaired) electrons. The number of ether oxygens (including phenoxy) is 2. The fraction of sp³-hybridized carbons (Fsp3) is 0.822. The molecule has 0 bridgehead atoms. The summed E-state index contributed by atoms with van der Waals surface area (Å²) in [5.74, 6) is 0.484. The van der Waals surface area contributed by atoms with Crippen LogP contribution in [0.15, 0.2) is 48.6 Å². The van der Waals surface area contributed by atoms with Crippen LogP contribution in [0.2, 0.25) is 0 Å². The van der Waals surface area contributed by atoms with Gasteiger partial charge in [-0.2, -0.15) is 0 Å². The Hall–Kier alpha value is -1.20. The van der Waals surface area contributed by atoms with Crippen molar-refractivity contribution in [1.29, 1.82) is 0 Å². The van der Waals surface area contributed by atoms with Crippen LogP contribution in [0, 0.1) is 5.92 Å². The minimum absolute atomic E-state index is 0.484. The second-order valence-electron chi connectivity index (χ2n) is 14.8. The number of likely N-dealkylation sites (N-methyl/N-ethyl adjacent to an activating group) is 1. The summed E-state index contributed by atoms with van der Waals surface area (Å²) < 4.78 is 12.5. The maximum atomic E-state index is 6.23. The maximum Gasteiger partial charge on any atom is 0.0528 e. The molecular weight excluding hydrogens is 601 g/mol. The van der Waals surface area contributed by atoms with Gasteiger partial charge in [-0.05, 0) is 84.1 Å². The first-order valence-electron chi connectivity index (χ1n) is 21.4. The second-order valence-corrected chi connectivity index (χ2v) is 14.8. The lowest BCUT2D eigenvalue weighted by atomic mass is 10.1. The summed E-state index contributed by atoms with van der Waals surface area (Å²) in [6, 6.07) is 0. The molecule has 0 amide bonds. The first kappa shape index (κ1) is 45.8. The molecule has 1 aliphatic rings. The first-order valence-corrected chi connectivity index (χ1v) is 21.4. The van der Waals surface area contributed by atoms with Crippen molar-refractivity contribution >= 4 is 0 Å². The normalized spacial score (nSPS) is 15.7. The molecule has 4 nitrogen and oxygen atoms in total. The van der Waals surface area contributed by atoms with E-state index in [1.54, 1.807) is 0 Å². The van der Waals surface area contributed by atoms with E-state index >= 15 is 0 Å². The van der Waals surface area contributed by atoms with Crippen molar-refractivity contribution in [2.45, 2.75) is 168 Å². The largest absolute Gasteiger partial charge is 0.381 e. The molecule has 1 aliphatic heterocycles. The molecule has 1 saturated heterocycles. The molecular formula is C45H84N2O2. The van der Waals surface area contributed by atoms with Crippen molar-refractivity contribution in [3.05, 3.63) is 48.6 Å². The number of rotatable bonds is 36. The van der Waals surface area contributed by atoms with Gasteiger partial charge in [-0.15, -0.1) is 0 Å². The third-order valence-corrected chi connectivity index (χ3v) is 9.80. The Morgan fingerprint density at radius 2 is 0.816 bits per heavy atom. The zero-order valence-corrected chi connectivity index (χ0v) is 33.2. The van der Waals surface area contributed by atoms with E-state index in [4.69, 9.17) is 9.47 Å². The molecule has 0 aromatic heterocycles. The predicted molar refractivity (Wildman–Crippen MR) is 218 cm³/mol. The maximum absolute atomic E-state index is 6.23. The van der Waals surface area contributed by atoms with Gasteiger partial charge < -0.3 is 19.3 Å². The molecule has 0 spiro atoms. The van der Waals surface area contributed by atoms with Crippen LogP contribution in [-0.2, 0) is 9.47 Å².